The van der Waals surface area contributed by atoms with Crippen molar-refractivity contribution in [1.29, 1.82) is 0 Å². The Morgan fingerprint density at radius 2 is 2.03 bits per heavy atom. The van der Waals surface area contributed by atoms with Gasteiger partial charge in [0.05, 0.1) is 17.2 Å². The van der Waals surface area contributed by atoms with Crippen molar-refractivity contribution in [3.05, 3.63) is 60.6 Å². The van der Waals surface area contributed by atoms with Crippen molar-refractivity contribution in [2.24, 2.45) is 0 Å². The molecule has 0 spiro atoms. The molecule has 192 valence electrons. The molecule has 1 fully saturated rings. The Hall–Kier alpha value is -4.58. The van der Waals surface area contributed by atoms with Gasteiger partial charge in [-0.3, -0.25) is 0 Å². The van der Waals surface area contributed by atoms with E-state index in [1.54, 1.807) is 28.9 Å². The van der Waals surface area contributed by atoms with Crippen LogP contribution in [-0.4, -0.2) is 73.8 Å². The molecule has 2 aliphatic rings. The van der Waals surface area contributed by atoms with E-state index in [1.807, 2.05) is 13.0 Å². The lowest BCUT2D eigenvalue weighted by molar-refractivity contribution is 0.187. The van der Waals surface area contributed by atoms with Gasteiger partial charge < -0.3 is 24.6 Å². The Balaban J connectivity index is 1.20. The number of hydrogen-bond donors (Lipinski definition) is 1. The third-order valence-corrected chi connectivity index (χ3v) is 6.94. The predicted molar refractivity (Wildman–Crippen MR) is 139 cm³/mol. The molecule has 0 radical (unpaired) electrons. The molecule has 0 unspecified atom stereocenters. The quantitative estimate of drug-likeness (QED) is 0.383. The number of aryl methyl sites for hydroxylation is 1. The third-order valence-electron chi connectivity index (χ3n) is 6.94. The Morgan fingerprint density at radius 1 is 1.11 bits per heavy atom. The second-order valence-corrected chi connectivity index (χ2v) is 9.57. The Kier molecular flexibility index (Phi) is 5.22. The maximum Gasteiger partial charge on any atom is 0.172 e. The van der Waals surface area contributed by atoms with Gasteiger partial charge in [-0.1, -0.05) is 0 Å². The average molecular weight is 514 g/mol. The summed E-state index contributed by atoms with van der Waals surface area (Å²) in [7, 11) is 2.11. The molecule has 12 heteroatoms. The molecule has 4 aromatic heterocycles. The average Bonchev–Trinajstić information content (AvgIpc) is 3.38. The van der Waals surface area contributed by atoms with Gasteiger partial charge in [0.2, 0.25) is 0 Å². The molecule has 0 aliphatic carbocycles. The van der Waals surface area contributed by atoms with Crippen LogP contribution in [0.3, 0.4) is 0 Å². The van der Waals surface area contributed by atoms with Crippen LogP contribution in [0.4, 0.5) is 21.7 Å². The van der Waals surface area contributed by atoms with Crippen LogP contribution in [0.2, 0.25) is 0 Å². The highest BCUT2D eigenvalue weighted by Gasteiger charge is 2.33. The first-order valence-corrected chi connectivity index (χ1v) is 12.3. The predicted octanol–water partition coefficient (Wildman–Crippen LogP) is 3.56. The van der Waals surface area contributed by atoms with Gasteiger partial charge >= 0.3 is 0 Å². The topological polar surface area (TPSA) is 106 Å². The van der Waals surface area contributed by atoms with E-state index in [9.17, 15) is 0 Å². The van der Waals surface area contributed by atoms with E-state index >= 15 is 4.39 Å². The fourth-order valence-electron chi connectivity index (χ4n) is 4.96. The van der Waals surface area contributed by atoms with Crippen molar-refractivity contribution >= 4 is 34.0 Å². The van der Waals surface area contributed by atoms with Crippen LogP contribution < -0.4 is 19.7 Å². The van der Waals surface area contributed by atoms with Crippen LogP contribution in [0.5, 0.6) is 17.2 Å². The largest absolute Gasteiger partial charge is 0.487 e. The minimum absolute atomic E-state index is 0.227. The number of likely N-dealkylation sites (N-methyl/N-ethyl adjacent to an activating group) is 1. The molecule has 1 atom stereocenters. The Morgan fingerprint density at radius 3 is 2.95 bits per heavy atom. The molecule has 6 heterocycles. The first-order valence-electron chi connectivity index (χ1n) is 12.3. The smallest absolute Gasteiger partial charge is 0.172 e. The lowest BCUT2D eigenvalue weighted by Gasteiger charge is -2.43. The van der Waals surface area contributed by atoms with Crippen molar-refractivity contribution in [3.63, 3.8) is 0 Å². The van der Waals surface area contributed by atoms with Crippen molar-refractivity contribution in [2.45, 2.75) is 13.0 Å². The van der Waals surface area contributed by atoms with E-state index in [2.05, 4.69) is 42.2 Å². The number of fused-ring (bicyclic) bond motifs is 5. The number of nitrogens with one attached hydrogen (secondary N) is 1. The minimum atomic E-state index is -0.485. The van der Waals surface area contributed by atoms with Crippen molar-refractivity contribution in [2.75, 3.05) is 43.5 Å². The summed E-state index contributed by atoms with van der Waals surface area (Å²) in [6.45, 7) is 5.16. The molecule has 1 N–H and O–H groups in total. The van der Waals surface area contributed by atoms with Gasteiger partial charge in [0.15, 0.2) is 23.0 Å². The summed E-state index contributed by atoms with van der Waals surface area (Å²) in [5.74, 6) is 2.34. The highest BCUT2D eigenvalue weighted by atomic mass is 19.1. The zero-order valence-electron chi connectivity index (χ0n) is 20.8. The van der Waals surface area contributed by atoms with Crippen LogP contribution in [0.15, 0.2) is 49.2 Å². The molecule has 0 amide bonds. The van der Waals surface area contributed by atoms with Crippen LogP contribution in [0, 0.1) is 12.7 Å². The summed E-state index contributed by atoms with van der Waals surface area (Å²) in [6.07, 6.45) is 4.63. The molecule has 38 heavy (non-hydrogen) atoms. The normalized spacial score (nSPS) is 17.2. The maximum absolute atomic E-state index is 15.3. The fourth-order valence-corrected chi connectivity index (χ4v) is 4.96. The summed E-state index contributed by atoms with van der Waals surface area (Å²) in [6, 6.07) is 8.64. The van der Waals surface area contributed by atoms with Gasteiger partial charge in [0.25, 0.3) is 0 Å². The first-order chi connectivity index (χ1) is 18.5. The second kappa shape index (κ2) is 8.77. The molecule has 7 rings (SSSR count). The zero-order chi connectivity index (χ0) is 25.8. The van der Waals surface area contributed by atoms with Gasteiger partial charge in [0, 0.05) is 44.0 Å². The SMILES string of the molecule is Cc1cc(Nc2ncnc3cc4c(nc23)N2CCN(C)C[C@H]2CO4)c(F)cc1Oc1ccn2ncnc2c1. The van der Waals surface area contributed by atoms with Gasteiger partial charge in [-0.15, -0.1) is 0 Å². The number of halogens is 1. The van der Waals surface area contributed by atoms with Gasteiger partial charge in [0.1, 0.15) is 42.1 Å². The molecule has 2 aliphatic heterocycles. The number of pyridine rings is 2. The van der Waals surface area contributed by atoms with Gasteiger partial charge in [-0.2, -0.15) is 5.10 Å². The summed E-state index contributed by atoms with van der Waals surface area (Å²) in [4.78, 5) is 22.4. The summed E-state index contributed by atoms with van der Waals surface area (Å²) in [5.41, 5.74) is 2.81. The Labute approximate surface area is 216 Å². The standard InChI is InChI=1S/C26H24FN9O2/c1-15-7-19(18(27)9-21(15)38-17-3-4-36-23(8-17)29-14-31-36)32-25-24-20(28-13-30-25)10-22-26(33-24)35-6-5-34(2)11-16(35)12-37-22/h3-4,7-10,13-14,16H,5-6,11-12H2,1-2H3,(H,28,30,32)/t16-/m0/s1. The Bertz CT molecular complexity index is 1690. The highest BCUT2D eigenvalue weighted by Crippen LogP contribution is 2.38. The number of aromatic nitrogens is 6. The van der Waals surface area contributed by atoms with Crippen LogP contribution in [-0.2, 0) is 0 Å². The van der Waals surface area contributed by atoms with E-state index < -0.39 is 5.82 Å². The molecule has 5 aromatic rings. The molecular weight excluding hydrogens is 489 g/mol. The molecule has 0 saturated carbocycles. The fraction of sp³-hybridized carbons (Fsp3) is 0.269. The highest BCUT2D eigenvalue weighted by molar-refractivity contribution is 5.90. The number of ether oxygens (including phenoxy) is 2. The number of rotatable bonds is 4. The van der Waals surface area contributed by atoms with E-state index in [0.717, 1.165) is 31.0 Å². The summed E-state index contributed by atoms with van der Waals surface area (Å²) < 4.78 is 28.9. The molecule has 1 aromatic carbocycles. The van der Waals surface area contributed by atoms with Crippen molar-refractivity contribution < 1.29 is 13.9 Å². The van der Waals surface area contributed by atoms with Crippen LogP contribution >= 0.6 is 0 Å². The van der Waals surface area contributed by atoms with Crippen LogP contribution in [0.25, 0.3) is 16.7 Å². The number of piperazine rings is 1. The molecule has 0 bridgehead atoms. The number of hydrogen-bond acceptors (Lipinski definition) is 10. The number of nitrogens with zero attached hydrogens (tertiary/aromatic N) is 8. The van der Waals surface area contributed by atoms with Gasteiger partial charge in [-0.25, -0.2) is 28.8 Å². The third kappa shape index (κ3) is 3.89. The first kappa shape index (κ1) is 22.6. The molecule has 11 nitrogen and oxygen atoms in total. The van der Waals surface area contributed by atoms with E-state index in [4.69, 9.17) is 14.5 Å². The maximum atomic E-state index is 15.3. The number of anilines is 3. The second-order valence-electron chi connectivity index (χ2n) is 9.57. The van der Waals surface area contributed by atoms with E-state index in [0.29, 0.717) is 46.4 Å². The summed E-state index contributed by atoms with van der Waals surface area (Å²) >= 11 is 0. The lowest BCUT2D eigenvalue weighted by Crippen LogP contribution is -2.56. The van der Waals surface area contributed by atoms with Crippen molar-refractivity contribution in [3.8, 4) is 17.2 Å². The minimum Gasteiger partial charge on any atom is -0.487 e. The van der Waals surface area contributed by atoms with Gasteiger partial charge in [-0.05, 0) is 31.7 Å². The van der Waals surface area contributed by atoms with E-state index in [-0.39, 0.29) is 11.7 Å². The molecular formula is C26H24FN9O2. The van der Waals surface area contributed by atoms with Crippen molar-refractivity contribution in [1.82, 2.24) is 34.4 Å². The lowest BCUT2D eigenvalue weighted by atomic mass is 10.1. The van der Waals surface area contributed by atoms with E-state index in [1.165, 1.54) is 18.7 Å². The number of benzene rings is 1. The molecule has 1 saturated heterocycles. The summed E-state index contributed by atoms with van der Waals surface area (Å²) in [5, 5.41) is 7.19. The van der Waals surface area contributed by atoms with Crippen LogP contribution in [0.1, 0.15) is 5.56 Å². The zero-order valence-corrected chi connectivity index (χ0v) is 20.8. The monoisotopic (exact) mass is 513 g/mol.